The van der Waals surface area contributed by atoms with E-state index in [0.29, 0.717) is 11.2 Å². The van der Waals surface area contributed by atoms with Gasteiger partial charge in [-0.05, 0) is 18.2 Å². The van der Waals surface area contributed by atoms with Gasteiger partial charge in [-0.2, -0.15) is 13.2 Å². The topological polar surface area (TPSA) is 47.1 Å². The first-order chi connectivity index (χ1) is 7.80. The summed E-state index contributed by atoms with van der Waals surface area (Å²) < 4.78 is 39.4. The van der Waals surface area contributed by atoms with Crippen LogP contribution in [0.5, 0.6) is 0 Å². The van der Waals surface area contributed by atoms with E-state index in [1.165, 1.54) is 31.2 Å². The summed E-state index contributed by atoms with van der Waals surface area (Å²) in [6, 6.07) is 4.49. The smallest absolute Gasteiger partial charge is 0.399 e. The van der Waals surface area contributed by atoms with Crippen LogP contribution in [0.4, 0.5) is 18.9 Å². The van der Waals surface area contributed by atoms with Crippen molar-refractivity contribution in [3.05, 3.63) is 24.0 Å². The van der Waals surface area contributed by atoms with Crippen molar-refractivity contribution in [3.63, 3.8) is 0 Å². The number of aromatic nitrogens is 2. The number of alkyl halides is 3. The van der Waals surface area contributed by atoms with Crippen LogP contribution >= 0.6 is 0 Å². The fraction of sp³-hybridized carbons (Fsp3) is 0.300. The lowest BCUT2D eigenvalue weighted by Gasteiger charge is -2.19. The van der Waals surface area contributed by atoms with Gasteiger partial charge in [0.05, 0.1) is 11.0 Å². The Balaban J connectivity index is 2.80. The highest BCUT2D eigenvalue weighted by atomic mass is 19.4. The maximum atomic E-state index is 12.8. The molecule has 1 aromatic heterocycles. The summed E-state index contributed by atoms with van der Waals surface area (Å²) in [7, 11) is 3.04. The summed E-state index contributed by atoms with van der Waals surface area (Å²) in [4.78, 5) is 3.58. The molecule has 0 radical (unpaired) electrons. The molecule has 4 nitrogen and oxygen atoms in total. The Kier molecular flexibility index (Phi) is 2.41. The average Bonchev–Trinajstić information content (AvgIpc) is 2.55. The number of imidazole rings is 1. The molecule has 0 spiro atoms. The Morgan fingerprint density at radius 1 is 1.29 bits per heavy atom. The predicted molar refractivity (Wildman–Crippen MR) is 59.2 cm³/mol. The maximum absolute atomic E-state index is 12.8. The summed E-state index contributed by atoms with van der Waals surface area (Å²) >= 11 is 0. The van der Waals surface area contributed by atoms with Gasteiger partial charge in [0.25, 0.3) is 0 Å². The Bertz CT molecular complexity index is 556. The molecule has 1 aromatic carbocycles. The third-order valence-electron chi connectivity index (χ3n) is 2.31. The summed E-state index contributed by atoms with van der Waals surface area (Å²) in [5.74, 6) is -0.955. The van der Waals surface area contributed by atoms with Gasteiger partial charge in [0.2, 0.25) is 5.82 Å². The second-order valence-electron chi connectivity index (χ2n) is 3.84. The first-order valence-corrected chi connectivity index (χ1v) is 4.83. The van der Waals surface area contributed by atoms with Crippen LogP contribution in [-0.4, -0.2) is 23.8 Å². The molecule has 2 N–H and O–H groups in total. The van der Waals surface area contributed by atoms with Crippen molar-refractivity contribution in [2.45, 2.75) is 6.18 Å². The fourth-order valence-corrected chi connectivity index (χ4v) is 1.67. The number of anilines is 1. The Labute approximate surface area is 95.4 Å². The van der Waals surface area contributed by atoms with E-state index >= 15 is 0 Å². The molecule has 0 aliphatic rings. The van der Waals surface area contributed by atoms with Crippen molar-refractivity contribution in [1.29, 1.82) is 0 Å². The molecule has 0 fully saturated rings. The molecule has 1 heterocycles. The quantitative estimate of drug-likeness (QED) is 0.778. The first kappa shape index (κ1) is 11.6. The number of hydrogen-bond acceptors (Lipinski definition) is 3. The van der Waals surface area contributed by atoms with E-state index in [9.17, 15) is 13.2 Å². The lowest BCUT2D eigenvalue weighted by Crippen LogP contribution is -2.30. The van der Waals surface area contributed by atoms with Crippen LogP contribution < -0.4 is 10.7 Å². The Morgan fingerprint density at radius 3 is 2.47 bits per heavy atom. The molecular weight excluding hydrogens is 233 g/mol. The van der Waals surface area contributed by atoms with Gasteiger partial charge in [0.15, 0.2) is 0 Å². The third kappa shape index (κ3) is 1.88. The summed E-state index contributed by atoms with van der Waals surface area (Å²) in [5, 5.41) is 1.33. The summed E-state index contributed by atoms with van der Waals surface area (Å²) in [5.41, 5.74) is 6.51. The van der Waals surface area contributed by atoms with Crippen LogP contribution in [0.25, 0.3) is 11.0 Å². The molecular formula is C10H11F3N4. The number of nitrogens with two attached hydrogens (primary N) is 1. The highest BCUT2D eigenvalue weighted by Gasteiger charge is 2.38. The van der Waals surface area contributed by atoms with Gasteiger partial charge in [-0.1, -0.05) is 0 Å². The van der Waals surface area contributed by atoms with Gasteiger partial charge in [-0.25, -0.2) is 9.66 Å². The first-order valence-electron chi connectivity index (χ1n) is 4.83. The third-order valence-corrected chi connectivity index (χ3v) is 2.31. The molecule has 2 aromatic rings. The van der Waals surface area contributed by atoms with Crippen LogP contribution in [0.2, 0.25) is 0 Å². The van der Waals surface area contributed by atoms with E-state index in [1.807, 2.05) is 0 Å². The Morgan fingerprint density at radius 2 is 1.94 bits per heavy atom. The molecule has 17 heavy (non-hydrogen) atoms. The van der Waals surface area contributed by atoms with Gasteiger partial charge in [-0.15, -0.1) is 0 Å². The van der Waals surface area contributed by atoms with E-state index in [-0.39, 0.29) is 5.52 Å². The number of rotatable bonds is 1. The minimum absolute atomic E-state index is 0.228. The lowest BCUT2D eigenvalue weighted by molar-refractivity contribution is -0.146. The molecule has 0 aliphatic heterocycles. The number of nitrogen functional groups attached to an aromatic ring is 1. The van der Waals surface area contributed by atoms with Crippen LogP contribution in [-0.2, 0) is 6.18 Å². The SMILES string of the molecule is CN(C)n1c(C(F)(F)F)nc2cc(N)ccc21. The number of benzene rings is 1. The van der Waals surface area contributed by atoms with Crippen molar-refractivity contribution in [2.24, 2.45) is 0 Å². The molecule has 0 saturated heterocycles. The molecule has 0 amide bonds. The highest BCUT2D eigenvalue weighted by Crippen LogP contribution is 2.31. The van der Waals surface area contributed by atoms with Crippen LogP contribution in [0, 0.1) is 0 Å². The van der Waals surface area contributed by atoms with E-state index in [2.05, 4.69) is 4.98 Å². The normalized spacial score (nSPS) is 12.1. The number of hydrogen-bond donors (Lipinski definition) is 1. The van der Waals surface area contributed by atoms with E-state index in [0.717, 1.165) is 4.68 Å². The summed E-state index contributed by atoms with van der Waals surface area (Å²) in [6.45, 7) is 0. The van der Waals surface area contributed by atoms with Crippen LogP contribution in [0.15, 0.2) is 18.2 Å². The zero-order valence-corrected chi connectivity index (χ0v) is 9.28. The second kappa shape index (κ2) is 3.54. The van der Waals surface area contributed by atoms with Gasteiger partial charge in [0, 0.05) is 19.8 Å². The van der Waals surface area contributed by atoms with Crippen molar-refractivity contribution >= 4 is 16.7 Å². The Hall–Kier alpha value is -1.92. The van der Waals surface area contributed by atoms with Crippen molar-refractivity contribution < 1.29 is 13.2 Å². The molecule has 92 valence electrons. The zero-order chi connectivity index (χ0) is 12.8. The van der Waals surface area contributed by atoms with Crippen LogP contribution in [0.3, 0.4) is 0 Å². The standard InChI is InChI=1S/C10H11F3N4/c1-16(2)17-8-4-3-6(14)5-7(8)15-9(17)10(11,12)13/h3-5H,14H2,1-2H3. The number of nitrogens with zero attached hydrogens (tertiary/aromatic N) is 3. The maximum Gasteiger partial charge on any atom is 0.451 e. The number of halogens is 3. The molecule has 0 aliphatic carbocycles. The molecule has 2 rings (SSSR count). The largest absolute Gasteiger partial charge is 0.451 e. The van der Waals surface area contributed by atoms with Gasteiger partial charge in [-0.3, -0.25) is 0 Å². The number of fused-ring (bicyclic) bond motifs is 1. The minimum atomic E-state index is -4.50. The molecule has 0 saturated carbocycles. The van der Waals surface area contributed by atoms with Gasteiger partial charge >= 0.3 is 6.18 Å². The van der Waals surface area contributed by atoms with Gasteiger partial charge in [0.1, 0.15) is 0 Å². The monoisotopic (exact) mass is 244 g/mol. The molecule has 0 bridgehead atoms. The molecule has 7 heteroatoms. The lowest BCUT2D eigenvalue weighted by atomic mass is 10.3. The zero-order valence-electron chi connectivity index (χ0n) is 9.28. The second-order valence-corrected chi connectivity index (χ2v) is 3.84. The van der Waals surface area contributed by atoms with Crippen LogP contribution in [0.1, 0.15) is 5.82 Å². The average molecular weight is 244 g/mol. The highest BCUT2D eigenvalue weighted by molar-refractivity contribution is 5.80. The predicted octanol–water partition coefficient (Wildman–Crippen LogP) is 1.83. The minimum Gasteiger partial charge on any atom is -0.399 e. The van der Waals surface area contributed by atoms with Gasteiger partial charge < -0.3 is 10.7 Å². The molecule has 0 atom stereocenters. The van der Waals surface area contributed by atoms with Crippen molar-refractivity contribution in [3.8, 4) is 0 Å². The van der Waals surface area contributed by atoms with Crippen molar-refractivity contribution in [2.75, 3.05) is 24.8 Å². The summed E-state index contributed by atoms with van der Waals surface area (Å²) in [6.07, 6.45) is -4.50. The van der Waals surface area contributed by atoms with E-state index in [1.54, 1.807) is 6.07 Å². The molecule has 0 unspecified atom stereocenters. The van der Waals surface area contributed by atoms with Crippen molar-refractivity contribution in [1.82, 2.24) is 9.66 Å². The van der Waals surface area contributed by atoms with E-state index < -0.39 is 12.0 Å². The van der Waals surface area contributed by atoms with E-state index in [4.69, 9.17) is 5.73 Å². The fourth-order valence-electron chi connectivity index (χ4n) is 1.67.